The molecule has 2 aromatic carbocycles. The molecule has 6 heteroatoms. The van der Waals surface area contributed by atoms with Gasteiger partial charge in [0.15, 0.2) is 6.04 Å². The molecule has 2 aromatic rings. The summed E-state index contributed by atoms with van der Waals surface area (Å²) in [4.78, 5) is 24.4. The maximum Gasteiger partial charge on any atom is 0.330 e. The largest absolute Gasteiger partial charge is 0.480 e. The number of carboxylic acid groups (broad SMARTS) is 1. The van der Waals surface area contributed by atoms with Crippen LogP contribution in [0.2, 0.25) is 0 Å². The zero-order valence-corrected chi connectivity index (χ0v) is 13.6. The van der Waals surface area contributed by atoms with E-state index in [4.69, 9.17) is 0 Å². The molecule has 0 aromatic heterocycles. The molecular formula is C18H20N2O4. The van der Waals surface area contributed by atoms with Crippen LogP contribution in [-0.4, -0.2) is 58.9 Å². The number of carbonyl (C=O) groups is 2. The fraction of sp³-hybridized carbons (Fsp3) is 0.222. The number of hydrogen-bond acceptors (Lipinski definition) is 4. The fourth-order valence-corrected chi connectivity index (χ4v) is 2.52. The summed E-state index contributed by atoms with van der Waals surface area (Å²) < 4.78 is 0. The second-order valence-electron chi connectivity index (χ2n) is 5.45. The Morgan fingerprint density at radius 2 is 1.58 bits per heavy atom. The standard InChI is InChI=1S/C18H20N2O4/c1-19(2)20(16(12-21)18(23)24)17(22)15-11-7-6-10-14(15)13-8-4-3-5-9-13/h3-11,16,21H,12H2,1-2H3,(H,23,24). The van der Waals surface area contributed by atoms with Crippen LogP contribution in [0.3, 0.4) is 0 Å². The predicted octanol–water partition coefficient (Wildman–Crippen LogP) is 1.72. The molecule has 1 atom stereocenters. The Labute approximate surface area is 140 Å². The minimum atomic E-state index is -1.35. The zero-order chi connectivity index (χ0) is 17.7. The molecule has 0 fully saturated rings. The predicted molar refractivity (Wildman–Crippen MR) is 90.2 cm³/mol. The van der Waals surface area contributed by atoms with Crippen LogP contribution in [0.15, 0.2) is 54.6 Å². The smallest absolute Gasteiger partial charge is 0.330 e. The van der Waals surface area contributed by atoms with Gasteiger partial charge >= 0.3 is 5.97 Å². The number of carbonyl (C=O) groups excluding carboxylic acids is 1. The molecule has 126 valence electrons. The average molecular weight is 328 g/mol. The van der Waals surface area contributed by atoms with Crippen molar-refractivity contribution in [3.63, 3.8) is 0 Å². The van der Waals surface area contributed by atoms with Crippen molar-refractivity contribution < 1.29 is 19.8 Å². The number of aliphatic hydroxyl groups excluding tert-OH is 1. The van der Waals surface area contributed by atoms with E-state index in [-0.39, 0.29) is 0 Å². The third kappa shape index (κ3) is 3.61. The highest BCUT2D eigenvalue weighted by Crippen LogP contribution is 2.25. The molecule has 0 aliphatic heterocycles. The van der Waals surface area contributed by atoms with Gasteiger partial charge in [-0.15, -0.1) is 0 Å². The van der Waals surface area contributed by atoms with Crippen molar-refractivity contribution in [2.45, 2.75) is 6.04 Å². The molecule has 6 nitrogen and oxygen atoms in total. The van der Waals surface area contributed by atoms with E-state index in [1.54, 1.807) is 26.2 Å². The van der Waals surface area contributed by atoms with Crippen LogP contribution in [0.25, 0.3) is 11.1 Å². The first-order valence-corrected chi connectivity index (χ1v) is 7.46. The van der Waals surface area contributed by atoms with Crippen LogP contribution in [0, 0.1) is 0 Å². The van der Waals surface area contributed by atoms with E-state index >= 15 is 0 Å². The van der Waals surface area contributed by atoms with Gasteiger partial charge in [-0.25, -0.2) is 9.80 Å². The summed E-state index contributed by atoms with van der Waals surface area (Å²) in [5.74, 6) is -1.75. The van der Waals surface area contributed by atoms with E-state index in [9.17, 15) is 19.8 Å². The van der Waals surface area contributed by atoms with Gasteiger partial charge in [0.05, 0.1) is 6.61 Å². The Morgan fingerprint density at radius 1 is 1.00 bits per heavy atom. The molecule has 0 aliphatic rings. The van der Waals surface area contributed by atoms with Crippen LogP contribution in [0.5, 0.6) is 0 Å². The van der Waals surface area contributed by atoms with Crippen LogP contribution in [-0.2, 0) is 4.79 Å². The van der Waals surface area contributed by atoms with Crippen LogP contribution < -0.4 is 0 Å². The van der Waals surface area contributed by atoms with Gasteiger partial charge in [-0.1, -0.05) is 48.5 Å². The van der Waals surface area contributed by atoms with E-state index in [0.717, 1.165) is 10.6 Å². The van der Waals surface area contributed by atoms with Crippen LogP contribution >= 0.6 is 0 Å². The summed E-state index contributed by atoms with van der Waals surface area (Å²) in [5.41, 5.74) is 1.94. The lowest BCUT2D eigenvalue weighted by Crippen LogP contribution is -2.53. The van der Waals surface area contributed by atoms with E-state index in [1.165, 1.54) is 5.01 Å². The summed E-state index contributed by atoms with van der Waals surface area (Å²) in [6, 6.07) is 15.0. The maximum atomic E-state index is 13.0. The molecule has 0 heterocycles. The molecule has 24 heavy (non-hydrogen) atoms. The van der Waals surface area contributed by atoms with Crippen molar-refractivity contribution >= 4 is 11.9 Å². The van der Waals surface area contributed by atoms with Crippen molar-refractivity contribution in [1.29, 1.82) is 0 Å². The van der Waals surface area contributed by atoms with Gasteiger partial charge in [0.25, 0.3) is 5.91 Å². The molecule has 0 saturated heterocycles. The van der Waals surface area contributed by atoms with Gasteiger partial charge in [-0.3, -0.25) is 9.80 Å². The average Bonchev–Trinajstić information content (AvgIpc) is 2.59. The normalized spacial score (nSPS) is 12.0. The van der Waals surface area contributed by atoms with Gasteiger partial charge in [0.2, 0.25) is 0 Å². The molecular weight excluding hydrogens is 308 g/mol. The monoisotopic (exact) mass is 328 g/mol. The van der Waals surface area contributed by atoms with Gasteiger partial charge in [0.1, 0.15) is 0 Å². The lowest BCUT2D eigenvalue weighted by Gasteiger charge is -2.33. The summed E-state index contributed by atoms with van der Waals surface area (Å²) in [6.45, 7) is -0.674. The Balaban J connectivity index is 2.50. The van der Waals surface area contributed by atoms with Crippen molar-refractivity contribution in [2.75, 3.05) is 20.7 Å². The Kier molecular flexibility index (Phi) is 5.68. The first-order chi connectivity index (χ1) is 11.5. The van der Waals surface area contributed by atoms with Gasteiger partial charge in [-0.05, 0) is 17.2 Å². The van der Waals surface area contributed by atoms with E-state index in [0.29, 0.717) is 11.1 Å². The summed E-state index contributed by atoms with van der Waals surface area (Å²) in [6.07, 6.45) is 0. The van der Waals surface area contributed by atoms with Gasteiger partial charge < -0.3 is 10.2 Å². The number of nitrogens with zero attached hydrogens (tertiary/aromatic N) is 2. The van der Waals surface area contributed by atoms with Crippen molar-refractivity contribution in [3.8, 4) is 11.1 Å². The summed E-state index contributed by atoms with van der Waals surface area (Å²) in [7, 11) is 3.13. The molecule has 0 radical (unpaired) electrons. The summed E-state index contributed by atoms with van der Waals surface area (Å²) >= 11 is 0. The third-order valence-corrected chi connectivity index (χ3v) is 3.63. The van der Waals surface area contributed by atoms with Crippen molar-refractivity contribution in [1.82, 2.24) is 10.0 Å². The SMILES string of the molecule is CN(C)N(C(=O)c1ccccc1-c1ccccc1)C(CO)C(=O)O. The first-order valence-electron chi connectivity index (χ1n) is 7.46. The van der Waals surface area contributed by atoms with Crippen LogP contribution in [0.4, 0.5) is 0 Å². The van der Waals surface area contributed by atoms with Crippen molar-refractivity contribution in [2.24, 2.45) is 0 Å². The third-order valence-electron chi connectivity index (χ3n) is 3.63. The van der Waals surface area contributed by atoms with E-state index in [1.807, 2.05) is 42.5 Å². The second kappa shape index (κ2) is 7.72. The molecule has 2 rings (SSSR count). The Morgan fingerprint density at radius 3 is 2.12 bits per heavy atom. The number of hydrogen-bond donors (Lipinski definition) is 2. The highest BCUT2D eigenvalue weighted by Gasteiger charge is 2.32. The molecule has 1 amide bonds. The number of hydrazine groups is 1. The topological polar surface area (TPSA) is 81.1 Å². The molecule has 0 bridgehead atoms. The number of aliphatic carboxylic acids is 1. The first kappa shape index (κ1) is 17.7. The summed E-state index contributed by atoms with van der Waals surface area (Å²) in [5, 5.41) is 21.1. The lowest BCUT2D eigenvalue weighted by atomic mass is 9.99. The van der Waals surface area contributed by atoms with Gasteiger partial charge in [0, 0.05) is 19.7 Å². The molecule has 0 aliphatic carbocycles. The lowest BCUT2D eigenvalue weighted by molar-refractivity contribution is -0.149. The maximum absolute atomic E-state index is 13.0. The molecule has 0 saturated carbocycles. The van der Waals surface area contributed by atoms with Crippen LogP contribution in [0.1, 0.15) is 10.4 Å². The zero-order valence-electron chi connectivity index (χ0n) is 13.6. The number of amides is 1. The Bertz CT molecular complexity index is 716. The number of benzene rings is 2. The second-order valence-corrected chi connectivity index (χ2v) is 5.45. The quantitative estimate of drug-likeness (QED) is 0.789. The number of aliphatic hydroxyl groups is 1. The van der Waals surface area contributed by atoms with E-state index < -0.39 is 24.5 Å². The number of carboxylic acids is 1. The molecule has 2 N–H and O–H groups in total. The van der Waals surface area contributed by atoms with Crippen molar-refractivity contribution in [3.05, 3.63) is 60.2 Å². The highest BCUT2D eigenvalue weighted by atomic mass is 16.4. The fourth-order valence-electron chi connectivity index (χ4n) is 2.52. The minimum Gasteiger partial charge on any atom is -0.480 e. The highest BCUT2D eigenvalue weighted by molar-refractivity contribution is 6.02. The van der Waals surface area contributed by atoms with E-state index in [2.05, 4.69) is 0 Å². The van der Waals surface area contributed by atoms with Gasteiger partial charge in [-0.2, -0.15) is 0 Å². The molecule has 1 unspecified atom stereocenters. The molecule has 0 spiro atoms. The Hall–Kier alpha value is -2.70. The minimum absolute atomic E-state index is 0.372. The number of rotatable bonds is 6.